The summed E-state index contributed by atoms with van der Waals surface area (Å²) in [6.07, 6.45) is 0.884. The number of anilines is 1. The Kier molecular flexibility index (Phi) is 15.0. The van der Waals surface area contributed by atoms with E-state index in [1.807, 2.05) is 0 Å². The number of carbonyl (C=O) groups excluding carboxylic acids is 2. The summed E-state index contributed by atoms with van der Waals surface area (Å²) in [6, 6.07) is 1.33. The molecule has 1 aliphatic heterocycles. The van der Waals surface area contributed by atoms with Gasteiger partial charge in [0.15, 0.2) is 0 Å². The van der Waals surface area contributed by atoms with E-state index in [2.05, 4.69) is 23.4 Å². The van der Waals surface area contributed by atoms with E-state index in [0.717, 1.165) is 29.6 Å². The van der Waals surface area contributed by atoms with Gasteiger partial charge in [-0.25, -0.2) is 18.5 Å². The number of unbranched alkanes of at least 4 members (excludes halogenated alkanes) is 2. The number of carbonyl (C=O) groups is 2. The Morgan fingerprint density at radius 3 is 2.40 bits per heavy atom. The molecular formula is C19H32N3O15P3S2. The fraction of sp³-hybridized carbons (Fsp3) is 0.684. The number of aromatic nitrogens is 2. The van der Waals surface area contributed by atoms with Crippen LogP contribution in [0.1, 0.15) is 51.7 Å². The smallest absolute Gasteiger partial charge is 0.390 e. The SMILES string of the molecule is CC(=O)CCCCCSSCCC(=O)Nc1ccn(C2CC(O)C(COP(=O)(O)OP(=O)(O)OP(=O)(O)O)O2)c(=O)n1. The number of aliphatic hydroxyl groups excluding tert-OH is 1. The number of amides is 1. The Bertz CT molecular complexity index is 1280. The molecule has 5 unspecified atom stereocenters. The molecule has 1 amide bonds. The van der Waals surface area contributed by atoms with Crippen LogP contribution in [0.15, 0.2) is 17.1 Å². The first-order chi connectivity index (χ1) is 19.5. The predicted octanol–water partition coefficient (Wildman–Crippen LogP) is 2.09. The van der Waals surface area contributed by atoms with Crippen LogP contribution in [-0.2, 0) is 41.2 Å². The molecule has 2 heterocycles. The van der Waals surface area contributed by atoms with Crippen LogP contribution in [0.4, 0.5) is 5.82 Å². The lowest BCUT2D eigenvalue weighted by Crippen LogP contribution is -2.29. The zero-order valence-electron chi connectivity index (χ0n) is 22.1. The second kappa shape index (κ2) is 16.9. The first kappa shape index (κ1) is 37.2. The van der Waals surface area contributed by atoms with E-state index in [9.17, 15) is 43.0 Å². The topological polar surface area (TPSA) is 270 Å². The maximum absolute atomic E-state index is 12.5. The predicted molar refractivity (Wildman–Crippen MR) is 150 cm³/mol. The number of phosphoric acid groups is 3. The molecule has 18 nitrogen and oxygen atoms in total. The summed E-state index contributed by atoms with van der Waals surface area (Å²) in [5.74, 6) is 1.26. The van der Waals surface area contributed by atoms with Crippen LogP contribution in [0.2, 0.25) is 0 Å². The Balaban J connectivity index is 1.78. The molecule has 0 saturated carbocycles. The van der Waals surface area contributed by atoms with Gasteiger partial charge >= 0.3 is 29.2 Å². The van der Waals surface area contributed by atoms with Crippen LogP contribution in [0, 0.1) is 0 Å². The first-order valence-corrected chi connectivity index (χ1v) is 19.2. The number of aliphatic hydroxyl groups is 1. The number of nitrogens with zero attached hydrogens (tertiary/aromatic N) is 2. The molecule has 0 aromatic carbocycles. The Morgan fingerprint density at radius 1 is 1.07 bits per heavy atom. The molecule has 1 saturated heterocycles. The van der Waals surface area contributed by atoms with E-state index in [0.29, 0.717) is 12.2 Å². The van der Waals surface area contributed by atoms with Gasteiger partial charge in [-0.15, -0.1) is 0 Å². The molecule has 0 aliphatic carbocycles. The van der Waals surface area contributed by atoms with Gasteiger partial charge in [-0.05, 0) is 25.8 Å². The normalized spacial score (nSPS) is 21.9. The van der Waals surface area contributed by atoms with Crippen LogP contribution in [-0.4, -0.2) is 76.2 Å². The summed E-state index contributed by atoms with van der Waals surface area (Å²) in [5, 5.41) is 12.7. The van der Waals surface area contributed by atoms with Gasteiger partial charge < -0.3 is 39.5 Å². The van der Waals surface area contributed by atoms with Crippen molar-refractivity contribution in [3.05, 3.63) is 22.7 Å². The lowest BCUT2D eigenvalue weighted by Gasteiger charge is -2.19. The number of hydrogen-bond acceptors (Lipinski definition) is 14. The Labute approximate surface area is 247 Å². The molecule has 2 rings (SSSR count). The lowest BCUT2D eigenvalue weighted by molar-refractivity contribution is -0.117. The van der Waals surface area contributed by atoms with Gasteiger partial charge in [-0.1, -0.05) is 28.0 Å². The van der Waals surface area contributed by atoms with Crippen molar-refractivity contribution in [2.75, 3.05) is 23.4 Å². The quantitative estimate of drug-likeness (QED) is 0.0685. The monoisotopic (exact) mass is 699 g/mol. The highest BCUT2D eigenvalue weighted by Crippen LogP contribution is 2.66. The Morgan fingerprint density at radius 2 is 1.76 bits per heavy atom. The molecule has 1 aliphatic rings. The summed E-state index contributed by atoms with van der Waals surface area (Å²) in [5.41, 5.74) is -0.840. The molecule has 1 aromatic heterocycles. The number of nitrogens with one attached hydrogen (secondary N) is 1. The standard InChI is InChI=1S/C19H32N3O15P3S2/c1-13(23)5-3-2-4-9-41-42-10-7-17(25)20-16-6-8-22(19(26)21-16)18-11-14(24)15(35-18)12-34-39(30,31)37-40(32,33)36-38(27,28)29/h6,8,14-15,18,24H,2-5,7,9-12H2,1H3,(H,30,31)(H,32,33)(H2,27,28,29)(H,20,21,25,26). The number of rotatable bonds is 19. The number of ketones is 1. The molecule has 42 heavy (non-hydrogen) atoms. The van der Waals surface area contributed by atoms with Crippen LogP contribution in [0.3, 0.4) is 0 Å². The van der Waals surface area contributed by atoms with Crippen molar-refractivity contribution in [3.8, 4) is 0 Å². The number of ether oxygens (including phenoxy) is 1. The van der Waals surface area contributed by atoms with Crippen molar-refractivity contribution in [3.63, 3.8) is 0 Å². The number of Topliss-reactive ketones (excluding diaryl/α,β-unsaturated/α-hetero) is 1. The molecule has 6 N–H and O–H groups in total. The van der Waals surface area contributed by atoms with Crippen molar-refractivity contribution in [1.29, 1.82) is 0 Å². The average Bonchev–Trinajstić information content (AvgIpc) is 3.19. The Hall–Kier alpha value is -0.950. The highest BCUT2D eigenvalue weighted by atomic mass is 33.1. The molecule has 0 spiro atoms. The van der Waals surface area contributed by atoms with Gasteiger partial charge in [0.2, 0.25) is 5.91 Å². The summed E-state index contributed by atoms with van der Waals surface area (Å²) in [4.78, 5) is 75.2. The van der Waals surface area contributed by atoms with Crippen LogP contribution in [0.5, 0.6) is 0 Å². The third-order valence-corrected chi connectivity index (χ3v) is 11.5. The molecule has 240 valence electrons. The third kappa shape index (κ3) is 14.7. The minimum absolute atomic E-state index is 0.00729. The minimum atomic E-state index is -5.71. The van der Waals surface area contributed by atoms with Crippen LogP contribution < -0.4 is 11.0 Å². The van der Waals surface area contributed by atoms with Crippen LogP contribution >= 0.6 is 45.1 Å². The highest BCUT2D eigenvalue weighted by molar-refractivity contribution is 8.76. The van der Waals surface area contributed by atoms with Gasteiger partial charge in [-0.2, -0.15) is 13.6 Å². The molecule has 5 atom stereocenters. The van der Waals surface area contributed by atoms with Gasteiger partial charge in [0, 0.05) is 37.0 Å². The summed E-state index contributed by atoms with van der Waals surface area (Å²) in [6.45, 7) is 0.676. The van der Waals surface area contributed by atoms with Crippen LogP contribution in [0.25, 0.3) is 0 Å². The highest BCUT2D eigenvalue weighted by Gasteiger charge is 2.43. The van der Waals surface area contributed by atoms with E-state index >= 15 is 0 Å². The van der Waals surface area contributed by atoms with Crippen molar-refractivity contribution in [1.82, 2.24) is 9.55 Å². The zero-order chi connectivity index (χ0) is 31.6. The molecular weight excluding hydrogens is 667 g/mol. The van der Waals surface area contributed by atoms with E-state index in [-0.39, 0.29) is 30.3 Å². The lowest BCUT2D eigenvalue weighted by atomic mass is 10.2. The van der Waals surface area contributed by atoms with E-state index in [1.54, 1.807) is 17.7 Å². The molecule has 0 radical (unpaired) electrons. The molecule has 0 bridgehead atoms. The fourth-order valence-corrected chi connectivity index (χ4v) is 8.54. The fourth-order valence-electron chi connectivity index (χ4n) is 3.38. The van der Waals surface area contributed by atoms with Gasteiger partial charge in [0.05, 0.1) is 12.7 Å². The summed E-state index contributed by atoms with van der Waals surface area (Å²) in [7, 11) is -13.5. The van der Waals surface area contributed by atoms with Gasteiger partial charge in [-0.3, -0.25) is 13.9 Å². The van der Waals surface area contributed by atoms with Crippen molar-refractivity contribution < 1.29 is 65.8 Å². The zero-order valence-corrected chi connectivity index (χ0v) is 26.4. The summed E-state index contributed by atoms with van der Waals surface area (Å²) >= 11 is 0. The van der Waals surface area contributed by atoms with Crippen molar-refractivity contribution in [2.24, 2.45) is 0 Å². The molecule has 1 fully saturated rings. The van der Waals surface area contributed by atoms with E-state index in [4.69, 9.17) is 14.5 Å². The largest absolute Gasteiger partial charge is 0.490 e. The van der Waals surface area contributed by atoms with Crippen molar-refractivity contribution in [2.45, 2.75) is 63.9 Å². The maximum atomic E-state index is 12.5. The second-order valence-electron chi connectivity index (χ2n) is 8.78. The van der Waals surface area contributed by atoms with Crippen molar-refractivity contribution >= 4 is 62.6 Å². The molecule has 23 heteroatoms. The average molecular weight is 700 g/mol. The van der Waals surface area contributed by atoms with E-state index in [1.165, 1.54) is 23.1 Å². The summed E-state index contributed by atoms with van der Waals surface area (Å²) < 4.78 is 52.1. The molecule has 1 aromatic rings. The first-order valence-electron chi connectivity index (χ1n) is 12.2. The van der Waals surface area contributed by atoms with E-state index < -0.39 is 54.2 Å². The maximum Gasteiger partial charge on any atom is 0.490 e. The number of phosphoric ester groups is 1. The second-order valence-corrected chi connectivity index (χ2v) is 15.9. The van der Waals surface area contributed by atoms with Gasteiger partial charge in [0.1, 0.15) is 23.9 Å². The van der Waals surface area contributed by atoms with Gasteiger partial charge in [0.25, 0.3) is 0 Å². The number of hydrogen-bond donors (Lipinski definition) is 6. The minimum Gasteiger partial charge on any atom is -0.390 e. The third-order valence-electron chi connectivity index (χ3n) is 5.18.